The van der Waals surface area contributed by atoms with Crippen molar-refractivity contribution < 1.29 is 13.8 Å². The number of furan rings is 1. The second kappa shape index (κ2) is 9.16. The van der Waals surface area contributed by atoms with Crippen molar-refractivity contribution >= 4 is 22.7 Å². The second-order valence-electron chi connectivity index (χ2n) is 8.71. The predicted octanol–water partition coefficient (Wildman–Crippen LogP) is 2.85. The molecular formula is C23H35N4O2+. The molecule has 0 spiro atoms. The molecule has 1 amide bonds. The molecule has 158 valence electrons. The van der Waals surface area contributed by atoms with Crippen molar-refractivity contribution in [2.45, 2.75) is 51.5 Å². The summed E-state index contributed by atoms with van der Waals surface area (Å²) in [4.78, 5) is 16.6. The molecule has 3 heterocycles. The molecule has 1 N–H and O–H groups in total. The SMILES string of the molecule is CCC(=O)NC1CCC(CCN2CCN(c3c4occc4cc[n+]3C)CC2)CC1. The number of nitrogens with one attached hydrogen (secondary N) is 1. The standard InChI is InChI=1S/C23H34N4O2/c1-3-21(28)24-20-6-4-18(5-7-20)8-12-26-13-15-27(16-14-26)23-22-19(10-17-29-22)9-11-25(23)2/h9-11,17-18,20H,3-8,12-16H2,1-2H3/p+1. The van der Waals surface area contributed by atoms with E-state index in [0.29, 0.717) is 12.5 Å². The van der Waals surface area contributed by atoms with Crippen LogP contribution in [0.4, 0.5) is 5.82 Å². The van der Waals surface area contributed by atoms with Crippen molar-refractivity contribution in [1.29, 1.82) is 0 Å². The van der Waals surface area contributed by atoms with E-state index in [0.717, 1.165) is 50.5 Å². The lowest BCUT2D eigenvalue weighted by molar-refractivity contribution is -0.658. The van der Waals surface area contributed by atoms with E-state index in [1.54, 1.807) is 6.26 Å². The molecule has 6 heteroatoms. The zero-order chi connectivity index (χ0) is 20.2. The van der Waals surface area contributed by atoms with Gasteiger partial charge in [0.25, 0.3) is 0 Å². The molecule has 0 bridgehead atoms. The van der Waals surface area contributed by atoms with Crippen molar-refractivity contribution in [3.05, 3.63) is 24.6 Å². The second-order valence-corrected chi connectivity index (χ2v) is 8.71. The van der Waals surface area contributed by atoms with Gasteiger partial charge in [-0.25, -0.2) is 4.57 Å². The zero-order valence-corrected chi connectivity index (χ0v) is 17.9. The molecule has 1 aliphatic carbocycles. The van der Waals surface area contributed by atoms with E-state index in [1.165, 1.54) is 37.0 Å². The quantitative estimate of drug-likeness (QED) is 0.759. The summed E-state index contributed by atoms with van der Waals surface area (Å²) >= 11 is 0. The Kier molecular flexibility index (Phi) is 6.38. The summed E-state index contributed by atoms with van der Waals surface area (Å²) in [5.41, 5.74) is 0.996. The van der Waals surface area contributed by atoms with E-state index in [-0.39, 0.29) is 5.91 Å². The van der Waals surface area contributed by atoms with E-state index in [4.69, 9.17) is 4.42 Å². The predicted molar refractivity (Wildman–Crippen MR) is 115 cm³/mol. The summed E-state index contributed by atoms with van der Waals surface area (Å²) in [6.45, 7) is 7.43. The minimum Gasteiger partial charge on any atom is -0.456 e. The summed E-state index contributed by atoms with van der Waals surface area (Å²) in [5, 5.41) is 4.34. The van der Waals surface area contributed by atoms with Crippen molar-refractivity contribution in [3.63, 3.8) is 0 Å². The van der Waals surface area contributed by atoms with Crippen molar-refractivity contribution in [1.82, 2.24) is 10.2 Å². The molecule has 4 rings (SSSR count). The number of anilines is 1. The summed E-state index contributed by atoms with van der Waals surface area (Å²) in [6.07, 6.45) is 10.6. The number of carbonyl (C=O) groups is 1. The number of aromatic nitrogens is 1. The molecular weight excluding hydrogens is 364 g/mol. The van der Waals surface area contributed by atoms with E-state index < -0.39 is 0 Å². The Hall–Kier alpha value is -2.08. The van der Waals surface area contributed by atoms with Gasteiger partial charge >= 0.3 is 5.82 Å². The van der Waals surface area contributed by atoms with Crippen LogP contribution in [0.1, 0.15) is 45.4 Å². The molecule has 2 aromatic heterocycles. The smallest absolute Gasteiger partial charge is 0.320 e. The van der Waals surface area contributed by atoms with Crippen LogP contribution in [-0.2, 0) is 11.8 Å². The third-order valence-electron chi connectivity index (χ3n) is 6.77. The number of carbonyl (C=O) groups excluding carboxylic acids is 1. The number of hydrogen-bond acceptors (Lipinski definition) is 4. The lowest BCUT2D eigenvalue weighted by atomic mass is 9.84. The van der Waals surface area contributed by atoms with Crippen LogP contribution in [0, 0.1) is 5.92 Å². The van der Waals surface area contributed by atoms with Crippen LogP contribution < -0.4 is 14.8 Å². The molecule has 2 aliphatic rings. The highest BCUT2D eigenvalue weighted by Crippen LogP contribution is 2.28. The summed E-state index contributed by atoms with van der Waals surface area (Å²) in [5.74, 6) is 2.21. The van der Waals surface area contributed by atoms with Crippen LogP contribution in [0.3, 0.4) is 0 Å². The number of rotatable bonds is 6. The fraction of sp³-hybridized carbons (Fsp3) is 0.652. The minimum atomic E-state index is 0.199. The number of amides is 1. The third-order valence-corrected chi connectivity index (χ3v) is 6.77. The van der Waals surface area contributed by atoms with Gasteiger partial charge in [0.2, 0.25) is 11.5 Å². The van der Waals surface area contributed by atoms with Crippen LogP contribution >= 0.6 is 0 Å². The summed E-state index contributed by atoms with van der Waals surface area (Å²) in [7, 11) is 2.10. The van der Waals surface area contributed by atoms with Gasteiger partial charge in [-0.2, -0.15) is 0 Å². The molecule has 1 saturated carbocycles. The Balaban J connectivity index is 1.22. The fourth-order valence-corrected chi connectivity index (χ4v) is 4.90. The maximum atomic E-state index is 11.6. The van der Waals surface area contributed by atoms with Gasteiger partial charge in [-0.3, -0.25) is 14.6 Å². The van der Waals surface area contributed by atoms with Crippen LogP contribution in [0.5, 0.6) is 0 Å². The maximum absolute atomic E-state index is 11.6. The minimum absolute atomic E-state index is 0.199. The Morgan fingerprint density at radius 3 is 2.66 bits per heavy atom. The van der Waals surface area contributed by atoms with Crippen LogP contribution in [0.15, 0.2) is 29.0 Å². The monoisotopic (exact) mass is 399 g/mol. The van der Waals surface area contributed by atoms with Crippen LogP contribution in [0.25, 0.3) is 11.0 Å². The number of fused-ring (bicyclic) bond motifs is 1. The maximum Gasteiger partial charge on any atom is 0.320 e. The molecule has 0 atom stereocenters. The molecule has 1 aliphatic heterocycles. The molecule has 0 radical (unpaired) electrons. The number of aryl methyl sites for hydroxylation is 1. The van der Waals surface area contributed by atoms with Gasteiger partial charge in [0.1, 0.15) is 0 Å². The average Bonchev–Trinajstić information content (AvgIpc) is 3.22. The van der Waals surface area contributed by atoms with Crippen molar-refractivity contribution in [2.24, 2.45) is 13.0 Å². The van der Waals surface area contributed by atoms with E-state index in [2.05, 4.69) is 39.0 Å². The molecule has 29 heavy (non-hydrogen) atoms. The first kappa shape index (κ1) is 20.2. The Morgan fingerprint density at radius 1 is 1.17 bits per heavy atom. The van der Waals surface area contributed by atoms with E-state index in [1.807, 2.05) is 13.0 Å². The first-order valence-electron chi connectivity index (χ1n) is 11.3. The Morgan fingerprint density at radius 2 is 1.93 bits per heavy atom. The van der Waals surface area contributed by atoms with Crippen LogP contribution in [-0.4, -0.2) is 49.6 Å². The largest absolute Gasteiger partial charge is 0.456 e. The third kappa shape index (κ3) is 4.74. The van der Waals surface area contributed by atoms with Gasteiger partial charge in [-0.1, -0.05) is 6.92 Å². The Bertz CT molecular complexity index is 817. The van der Waals surface area contributed by atoms with Gasteiger partial charge in [-0.05, 0) is 56.7 Å². The molecule has 2 fully saturated rings. The Labute approximate surface area is 173 Å². The lowest BCUT2D eigenvalue weighted by Gasteiger charge is -2.34. The van der Waals surface area contributed by atoms with Gasteiger partial charge in [0.05, 0.1) is 32.6 Å². The zero-order valence-electron chi connectivity index (χ0n) is 17.9. The van der Waals surface area contributed by atoms with Gasteiger partial charge in [-0.15, -0.1) is 0 Å². The lowest BCUT2D eigenvalue weighted by Crippen LogP contribution is -2.50. The summed E-state index contributed by atoms with van der Waals surface area (Å²) in [6, 6.07) is 4.56. The first-order chi connectivity index (χ1) is 14.1. The van der Waals surface area contributed by atoms with Gasteiger partial charge < -0.3 is 9.73 Å². The van der Waals surface area contributed by atoms with Crippen molar-refractivity contribution in [3.8, 4) is 0 Å². The number of pyridine rings is 1. The fourth-order valence-electron chi connectivity index (χ4n) is 4.90. The number of piperazine rings is 1. The first-order valence-corrected chi connectivity index (χ1v) is 11.3. The number of nitrogens with zero attached hydrogens (tertiary/aromatic N) is 3. The molecule has 0 aromatic carbocycles. The van der Waals surface area contributed by atoms with Crippen LogP contribution in [0.2, 0.25) is 0 Å². The molecule has 1 saturated heterocycles. The molecule has 6 nitrogen and oxygen atoms in total. The molecule has 2 aromatic rings. The van der Waals surface area contributed by atoms with Gasteiger partial charge in [0.15, 0.2) is 0 Å². The highest BCUT2D eigenvalue weighted by Gasteiger charge is 2.29. The van der Waals surface area contributed by atoms with Crippen molar-refractivity contribution in [2.75, 3.05) is 37.6 Å². The number of hydrogen-bond donors (Lipinski definition) is 1. The van der Waals surface area contributed by atoms with Gasteiger partial charge in [0, 0.05) is 30.9 Å². The normalized spacial score (nSPS) is 23.4. The average molecular weight is 400 g/mol. The van der Waals surface area contributed by atoms with E-state index in [9.17, 15) is 4.79 Å². The topological polar surface area (TPSA) is 52.6 Å². The highest BCUT2D eigenvalue weighted by atomic mass is 16.3. The van der Waals surface area contributed by atoms with E-state index >= 15 is 0 Å². The molecule has 0 unspecified atom stereocenters. The summed E-state index contributed by atoms with van der Waals surface area (Å²) < 4.78 is 7.95. The highest BCUT2D eigenvalue weighted by molar-refractivity contribution is 5.85.